The number of nitrogens with one attached hydrogen (secondary N) is 1. The molecule has 1 fully saturated rings. The van der Waals surface area contributed by atoms with Crippen molar-refractivity contribution < 1.29 is 14.6 Å². The maximum absolute atomic E-state index is 9.90. The molecule has 1 aromatic rings. The first kappa shape index (κ1) is 12.6. The van der Waals surface area contributed by atoms with Gasteiger partial charge in [-0.05, 0) is 26.0 Å². The van der Waals surface area contributed by atoms with Crippen LogP contribution in [0.3, 0.4) is 0 Å². The number of ether oxygens (including phenoxy) is 2. The van der Waals surface area contributed by atoms with E-state index in [0.29, 0.717) is 18.0 Å². The summed E-state index contributed by atoms with van der Waals surface area (Å²) in [7, 11) is 2.16. The van der Waals surface area contributed by atoms with E-state index in [4.69, 9.17) is 9.47 Å². The Morgan fingerprint density at radius 3 is 2.79 bits per heavy atom. The monoisotopic (exact) mass is 264 g/mol. The highest BCUT2D eigenvalue weighted by Crippen LogP contribution is 2.37. The number of aromatic hydroxyl groups is 1. The van der Waals surface area contributed by atoms with Crippen molar-refractivity contribution >= 4 is 0 Å². The first-order valence-electron chi connectivity index (χ1n) is 6.76. The molecule has 3 rings (SSSR count). The number of nitrogens with zero attached hydrogens (tertiary/aromatic N) is 1. The van der Waals surface area contributed by atoms with Crippen LogP contribution in [-0.2, 0) is 6.54 Å². The van der Waals surface area contributed by atoms with Gasteiger partial charge in [-0.25, -0.2) is 0 Å². The van der Waals surface area contributed by atoms with Gasteiger partial charge in [-0.2, -0.15) is 0 Å². The van der Waals surface area contributed by atoms with Crippen LogP contribution in [0.5, 0.6) is 17.2 Å². The Kier molecular flexibility index (Phi) is 3.48. The van der Waals surface area contributed by atoms with E-state index in [1.807, 2.05) is 6.07 Å². The molecule has 5 heteroatoms. The first-order valence-corrected chi connectivity index (χ1v) is 6.76. The van der Waals surface area contributed by atoms with E-state index in [1.165, 1.54) is 12.8 Å². The minimum Gasteiger partial charge on any atom is -0.507 e. The number of hydrogen-bond donors (Lipinski definition) is 2. The van der Waals surface area contributed by atoms with Gasteiger partial charge in [-0.15, -0.1) is 0 Å². The minimum atomic E-state index is 0.234. The summed E-state index contributed by atoms with van der Waals surface area (Å²) in [5.41, 5.74) is 0.846. The Balaban J connectivity index is 1.49. The van der Waals surface area contributed by atoms with Crippen molar-refractivity contribution in [2.24, 2.45) is 0 Å². The third kappa shape index (κ3) is 2.93. The lowest BCUT2D eigenvalue weighted by Gasteiger charge is -2.16. The summed E-state index contributed by atoms with van der Waals surface area (Å²) in [4.78, 5) is 2.38. The first-order chi connectivity index (χ1) is 9.24. The van der Waals surface area contributed by atoms with Crippen LogP contribution in [0, 0.1) is 0 Å². The normalized spacial score (nSPS) is 17.2. The zero-order valence-corrected chi connectivity index (χ0v) is 11.2. The second kappa shape index (κ2) is 5.27. The summed E-state index contributed by atoms with van der Waals surface area (Å²) < 4.78 is 10.5. The summed E-state index contributed by atoms with van der Waals surface area (Å²) >= 11 is 0. The number of likely N-dealkylation sites (N-methyl/N-ethyl adjacent to an activating group) is 1. The van der Waals surface area contributed by atoms with Crippen LogP contribution in [0.25, 0.3) is 0 Å². The van der Waals surface area contributed by atoms with Crippen LogP contribution in [0.2, 0.25) is 0 Å². The van der Waals surface area contributed by atoms with Crippen LogP contribution >= 0.6 is 0 Å². The number of rotatable bonds is 6. The molecule has 0 spiro atoms. The smallest absolute Gasteiger partial charge is 0.231 e. The Morgan fingerprint density at radius 2 is 2.05 bits per heavy atom. The largest absolute Gasteiger partial charge is 0.507 e. The molecule has 0 bridgehead atoms. The van der Waals surface area contributed by atoms with Crippen molar-refractivity contribution in [3.05, 3.63) is 17.7 Å². The lowest BCUT2D eigenvalue weighted by atomic mass is 10.1. The number of hydrogen-bond acceptors (Lipinski definition) is 5. The van der Waals surface area contributed by atoms with Crippen molar-refractivity contribution in [1.82, 2.24) is 10.2 Å². The summed E-state index contributed by atoms with van der Waals surface area (Å²) in [5.74, 6) is 1.59. The van der Waals surface area contributed by atoms with E-state index < -0.39 is 0 Å². The predicted molar refractivity (Wildman–Crippen MR) is 71.6 cm³/mol. The zero-order valence-electron chi connectivity index (χ0n) is 11.2. The van der Waals surface area contributed by atoms with Gasteiger partial charge in [-0.3, -0.25) is 0 Å². The molecule has 0 atom stereocenters. The molecule has 0 amide bonds. The molecule has 1 saturated carbocycles. The summed E-state index contributed by atoms with van der Waals surface area (Å²) in [6.07, 6.45) is 2.67. The van der Waals surface area contributed by atoms with E-state index in [-0.39, 0.29) is 12.5 Å². The molecule has 0 unspecified atom stereocenters. The number of fused-ring (bicyclic) bond motifs is 1. The highest BCUT2D eigenvalue weighted by atomic mass is 16.7. The second-order valence-electron chi connectivity index (χ2n) is 5.22. The van der Waals surface area contributed by atoms with Crippen LogP contribution in [0.4, 0.5) is 0 Å². The van der Waals surface area contributed by atoms with Gasteiger partial charge in [0.2, 0.25) is 6.79 Å². The van der Waals surface area contributed by atoms with Crippen LogP contribution < -0.4 is 14.8 Å². The molecule has 1 aliphatic heterocycles. The average molecular weight is 264 g/mol. The topological polar surface area (TPSA) is 54.0 Å². The Morgan fingerprint density at radius 1 is 1.32 bits per heavy atom. The molecule has 1 aliphatic carbocycles. The van der Waals surface area contributed by atoms with Crippen molar-refractivity contribution in [3.63, 3.8) is 0 Å². The zero-order chi connectivity index (χ0) is 13.2. The van der Waals surface area contributed by atoms with Crippen LogP contribution in [0.15, 0.2) is 12.1 Å². The molecule has 1 heterocycles. The van der Waals surface area contributed by atoms with Crippen LogP contribution in [0.1, 0.15) is 18.4 Å². The molecule has 1 aromatic carbocycles. The fourth-order valence-electron chi connectivity index (χ4n) is 2.29. The fraction of sp³-hybridized carbons (Fsp3) is 0.571. The quantitative estimate of drug-likeness (QED) is 0.759. The predicted octanol–water partition coefficient (Wildman–Crippen LogP) is 1.30. The highest BCUT2D eigenvalue weighted by molar-refractivity contribution is 5.51. The second-order valence-corrected chi connectivity index (χ2v) is 5.22. The Labute approximate surface area is 113 Å². The van der Waals surface area contributed by atoms with E-state index in [1.54, 1.807) is 6.07 Å². The van der Waals surface area contributed by atoms with Gasteiger partial charge in [0, 0.05) is 37.3 Å². The SMILES string of the molecule is CN(CCNCc1cc2c(cc1O)OCO2)C1CC1. The molecular formula is C14H20N2O3. The molecule has 0 saturated heterocycles. The average Bonchev–Trinajstić information content (AvgIpc) is 3.15. The lowest BCUT2D eigenvalue weighted by molar-refractivity contribution is 0.174. The lowest BCUT2D eigenvalue weighted by Crippen LogP contribution is -2.30. The standard InChI is InChI=1S/C14H20N2O3/c1-16(11-2-3-11)5-4-15-8-10-6-13-14(7-12(10)17)19-9-18-13/h6-7,11,15,17H,2-5,8-9H2,1H3. The molecule has 2 N–H and O–H groups in total. The van der Waals surface area contributed by atoms with Crippen molar-refractivity contribution in [2.75, 3.05) is 26.9 Å². The maximum atomic E-state index is 9.90. The summed E-state index contributed by atoms with van der Waals surface area (Å²) in [6.45, 7) is 2.83. The summed E-state index contributed by atoms with van der Waals surface area (Å²) in [5, 5.41) is 13.2. The maximum Gasteiger partial charge on any atom is 0.231 e. The van der Waals surface area contributed by atoms with Crippen LogP contribution in [-0.4, -0.2) is 43.0 Å². The van der Waals surface area contributed by atoms with Crippen molar-refractivity contribution in [3.8, 4) is 17.2 Å². The van der Waals surface area contributed by atoms with Gasteiger partial charge in [0.25, 0.3) is 0 Å². The highest BCUT2D eigenvalue weighted by Gasteiger charge is 2.25. The van der Waals surface area contributed by atoms with Gasteiger partial charge < -0.3 is 24.8 Å². The molecule has 104 valence electrons. The minimum absolute atomic E-state index is 0.234. The Hall–Kier alpha value is -1.46. The van der Waals surface area contributed by atoms with E-state index in [9.17, 15) is 5.11 Å². The number of benzene rings is 1. The van der Waals surface area contributed by atoms with Crippen molar-refractivity contribution in [2.45, 2.75) is 25.4 Å². The van der Waals surface area contributed by atoms with Gasteiger partial charge >= 0.3 is 0 Å². The van der Waals surface area contributed by atoms with E-state index in [0.717, 1.165) is 24.7 Å². The van der Waals surface area contributed by atoms with Crippen molar-refractivity contribution in [1.29, 1.82) is 0 Å². The van der Waals surface area contributed by atoms with Gasteiger partial charge in [0.15, 0.2) is 11.5 Å². The van der Waals surface area contributed by atoms with Gasteiger partial charge in [0.1, 0.15) is 5.75 Å². The molecule has 0 radical (unpaired) electrons. The van der Waals surface area contributed by atoms with Gasteiger partial charge in [-0.1, -0.05) is 0 Å². The fourth-order valence-corrected chi connectivity index (χ4v) is 2.29. The number of phenols is 1. The third-order valence-corrected chi connectivity index (χ3v) is 3.70. The summed E-state index contributed by atoms with van der Waals surface area (Å²) in [6, 6.07) is 4.26. The number of phenolic OH excluding ortho intramolecular Hbond substituents is 1. The van der Waals surface area contributed by atoms with Gasteiger partial charge in [0.05, 0.1) is 0 Å². The molecule has 0 aromatic heterocycles. The molecule has 19 heavy (non-hydrogen) atoms. The Bertz CT molecular complexity index is 460. The molecule has 2 aliphatic rings. The van der Waals surface area contributed by atoms with E-state index in [2.05, 4.69) is 17.3 Å². The molecular weight excluding hydrogens is 244 g/mol. The van der Waals surface area contributed by atoms with E-state index >= 15 is 0 Å². The third-order valence-electron chi connectivity index (χ3n) is 3.70. The molecule has 5 nitrogen and oxygen atoms in total.